The number of guanidine groups is 1. The average molecular weight is 239 g/mol. The van der Waals surface area contributed by atoms with E-state index in [0.29, 0.717) is 5.13 Å². The molecule has 0 aliphatic heterocycles. The maximum atomic E-state index is 8.44. The molecule has 0 aliphatic carbocycles. The second kappa shape index (κ2) is 4.41. The zero-order chi connectivity index (χ0) is 11.5. The second-order valence-corrected chi connectivity index (χ2v) is 3.87. The lowest BCUT2D eigenvalue weighted by molar-refractivity contribution is -0.329. The lowest BCUT2D eigenvalue weighted by Crippen LogP contribution is -2.41. The van der Waals surface area contributed by atoms with E-state index in [9.17, 15) is 0 Å². The Hall–Kier alpha value is -1.74. The van der Waals surface area contributed by atoms with Gasteiger partial charge >= 0.3 is 0 Å². The topological polar surface area (TPSA) is 107 Å². The number of aromatic nitrogens is 1. The first-order valence-corrected chi connectivity index (χ1v) is 5.11. The molecule has 7 nitrogen and oxygen atoms in total. The summed E-state index contributed by atoms with van der Waals surface area (Å²) in [6.07, 6.45) is 0. The van der Waals surface area contributed by atoms with Gasteiger partial charge in [-0.05, 0) is 12.1 Å². The van der Waals surface area contributed by atoms with E-state index in [-0.39, 0.29) is 11.3 Å². The van der Waals surface area contributed by atoms with Crippen LogP contribution in [0.25, 0.3) is 10.2 Å². The van der Waals surface area contributed by atoms with E-state index in [2.05, 4.69) is 9.98 Å². The quantitative estimate of drug-likeness (QED) is 0.351. The van der Waals surface area contributed by atoms with Crippen molar-refractivity contribution < 1.29 is 10.4 Å². The maximum absolute atomic E-state index is 8.44. The van der Waals surface area contributed by atoms with Gasteiger partial charge in [0.1, 0.15) is 0 Å². The standard InChI is InChI=1S/C8H9N5O2S/c9-7(12-13(14)15)11-8-10-5-3-1-2-4-6(5)16-8/h1-4,14-15H,(H3,9,10,11,12). The van der Waals surface area contributed by atoms with E-state index in [1.54, 1.807) is 0 Å². The van der Waals surface area contributed by atoms with Gasteiger partial charge < -0.3 is 5.73 Å². The number of thiazole rings is 1. The number of hydrazine groups is 1. The van der Waals surface area contributed by atoms with Crippen LogP contribution in [0.4, 0.5) is 5.13 Å². The van der Waals surface area contributed by atoms with Crippen molar-refractivity contribution in [3.05, 3.63) is 24.3 Å². The van der Waals surface area contributed by atoms with Crippen LogP contribution < -0.4 is 11.2 Å². The van der Waals surface area contributed by atoms with Crippen LogP contribution in [0.1, 0.15) is 0 Å². The molecule has 16 heavy (non-hydrogen) atoms. The normalized spacial score (nSPS) is 12.3. The number of nitrogens with zero attached hydrogens (tertiary/aromatic N) is 3. The van der Waals surface area contributed by atoms with Gasteiger partial charge in [-0.3, -0.25) is 10.4 Å². The Morgan fingerprint density at radius 2 is 2.19 bits per heavy atom. The number of rotatable bonds is 2. The molecule has 0 saturated heterocycles. The van der Waals surface area contributed by atoms with Gasteiger partial charge in [-0.15, -0.1) is 0 Å². The monoisotopic (exact) mass is 239 g/mol. The van der Waals surface area contributed by atoms with Crippen molar-refractivity contribution in [1.82, 2.24) is 15.7 Å². The Morgan fingerprint density at radius 3 is 2.88 bits per heavy atom. The van der Waals surface area contributed by atoms with Gasteiger partial charge in [0, 0.05) is 5.34 Å². The van der Waals surface area contributed by atoms with Gasteiger partial charge in [-0.2, -0.15) is 4.99 Å². The molecule has 2 rings (SSSR count). The van der Waals surface area contributed by atoms with Gasteiger partial charge in [-0.1, -0.05) is 23.5 Å². The molecular weight excluding hydrogens is 230 g/mol. The second-order valence-electron chi connectivity index (χ2n) is 2.86. The molecule has 5 N–H and O–H groups in total. The molecule has 0 fully saturated rings. The summed E-state index contributed by atoms with van der Waals surface area (Å²) in [7, 11) is 0. The summed E-state index contributed by atoms with van der Waals surface area (Å²) in [6.45, 7) is 0. The minimum Gasteiger partial charge on any atom is -0.368 e. The Labute approximate surface area is 94.3 Å². The SMILES string of the molecule is NC(=Nc1nc2ccccc2s1)NN(O)O. The summed E-state index contributed by atoms with van der Waals surface area (Å²) in [6, 6.07) is 7.55. The number of nitrogens with two attached hydrogens (primary N) is 1. The summed E-state index contributed by atoms with van der Waals surface area (Å²) >= 11 is 1.35. The summed E-state index contributed by atoms with van der Waals surface area (Å²) in [5.41, 5.74) is 8.17. The van der Waals surface area contributed by atoms with Gasteiger partial charge in [-0.25, -0.2) is 10.4 Å². The van der Waals surface area contributed by atoms with E-state index in [1.807, 2.05) is 29.7 Å². The molecule has 1 aromatic heterocycles. The van der Waals surface area contributed by atoms with Gasteiger partial charge in [0.05, 0.1) is 10.2 Å². The number of hydrogen-bond acceptors (Lipinski definition) is 6. The summed E-state index contributed by atoms with van der Waals surface area (Å²) in [5.74, 6) is -0.163. The zero-order valence-electron chi connectivity index (χ0n) is 8.03. The van der Waals surface area contributed by atoms with Crippen LogP contribution in [0.5, 0.6) is 0 Å². The Morgan fingerprint density at radius 1 is 1.44 bits per heavy atom. The van der Waals surface area contributed by atoms with Crippen LogP contribution in [0.15, 0.2) is 29.3 Å². The van der Waals surface area contributed by atoms with Crippen molar-refractivity contribution in [2.75, 3.05) is 0 Å². The number of fused-ring (bicyclic) bond motifs is 1. The fourth-order valence-corrected chi connectivity index (χ4v) is 1.99. The molecule has 0 atom stereocenters. The lowest BCUT2D eigenvalue weighted by Gasteiger charge is -2.06. The van der Waals surface area contributed by atoms with E-state index in [4.69, 9.17) is 16.1 Å². The van der Waals surface area contributed by atoms with Crippen LogP contribution in [0.2, 0.25) is 0 Å². The molecule has 0 unspecified atom stereocenters. The maximum Gasteiger partial charge on any atom is 0.214 e. The van der Waals surface area contributed by atoms with Crippen LogP contribution in [0.3, 0.4) is 0 Å². The highest BCUT2D eigenvalue weighted by molar-refractivity contribution is 7.22. The third kappa shape index (κ3) is 2.44. The van der Waals surface area contributed by atoms with Gasteiger partial charge in [0.15, 0.2) is 0 Å². The molecule has 0 aliphatic rings. The first-order valence-electron chi connectivity index (χ1n) is 4.29. The number of benzene rings is 1. The third-order valence-corrected chi connectivity index (χ3v) is 2.64. The van der Waals surface area contributed by atoms with Crippen LogP contribution in [-0.2, 0) is 0 Å². The predicted molar refractivity (Wildman–Crippen MR) is 59.5 cm³/mol. The smallest absolute Gasteiger partial charge is 0.214 e. The van der Waals surface area contributed by atoms with Crippen LogP contribution in [-0.4, -0.2) is 26.7 Å². The number of aliphatic imine (C=N–C) groups is 1. The van der Waals surface area contributed by atoms with Crippen molar-refractivity contribution in [3.63, 3.8) is 0 Å². The van der Waals surface area contributed by atoms with Crippen molar-refractivity contribution in [2.45, 2.75) is 0 Å². The van der Waals surface area contributed by atoms with Crippen molar-refractivity contribution in [1.29, 1.82) is 0 Å². The van der Waals surface area contributed by atoms with Crippen LogP contribution in [0, 0.1) is 0 Å². The third-order valence-electron chi connectivity index (χ3n) is 1.71. The van der Waals surface area contributed by atoms with E-state index < -0.39 is 0 Å². The number of nitrogens with one attached hydrogen (secondary N) is 1. The molecule has 0 bridgehead atoms. The van der Waals surface area contributed by atoms with Gasteiger partial charge in [0.2, 0.25) is 11.1 Å². The molecule has 84 valence electrons. The summed E-state index contributed by atoms with van der Waals surface area (Å²) < 4.78 is 0.985. The van der Waals surface area contributed by atoms with Crippen molar-refractivity contribution >= 4 is 32.6 Å². The molecule has 2 aromatic rings. The van der Waals surface area contributed by atoms with Gasteiger partial charge in [0.25, 0.3) is 0 Å². The van der Waals surface area contributed by atoms with Crippen molar-refractivity contribution in [3.8, 4) is 0 Å². The average Bonchev–Trinajstić information content (AvgIpc) is 2.57. The molecular formula is C8H9N5O2S. The Kier molecular flexibility index (Phi) is 2.97. The molecule has 8 heteroatoms. The van der Waals surface area contributed by atoms with E-state index >= 15 is 0 Å². The Balaban J connectivity index is 2.27. The number of para-hydroxylation sites is 1. The fraction of sp³-hybridized carbons (Fsp3) is 0. The lowest BCUT2D eigenvalue weighted by atomic mass is 10.3. The fourth-order valence-electron chi connectivity index (χ4n) is 1.14. The van der Waals surface area contributed by atoms with E-state index in [0.717, 1.165) is 10.2 Å². The highest BCUT2D eigenvalue weighted by Crippen LogP contribution is 2.27. The minimum atomic E-state index is -0.272. The summed E-state index contributed by atoms with van der Waals surface area (Å²) in [5, 5.41) is 17.0. The first-order chi connectivity index (χ1) is 7.65. The molecule has 0 saturated carbocycles. The number of hydrogen-bond donors (Lipinski definition) is 4. The van der Waals surface area contributed by atoms with E-state index in [1.165, 1.54) is 11.3 Å². The largest absolute Gasteiger partial charge is 0.368 e. The zero-order valence-corrected chi connectivity index (χ0v) is 8.85. The highest BCUT2D eigenvalue weighted by atomic mass is 32.1. The van der Waals surface area contributed by atoms with Crippen molar-refractivity contribution in [2.24, 2.45) is 10.7 Å². The molecule has 0 radical (unpaired) electrons. The molecule has 1 heterocycles. The predicted octanol–water partition coefficient (Wildman–Crippen LogP) is 0.827. The molecule has 1 aromatic carbocycles. The minimum absolute atomic E-state index is 0.163. The first kappa shape index (κ1) is 10.8. The van der Waals surface area contributed by atoms with Crippen LogP contribution >= 0.6 is 11.3 Å². The highest BCUT2D eigenvalue weighted by Gasteiger charge is 2.03. The molecule has 0 spiro atoms. The summed E-state index contributed by atoms with van der Waals surface area (Å²) in [4.78, 5) is 8.05. The molecule has 0 amide bonds. The Bertz CT molecular complexity index is 491.